The topological polar surface area (TPSA) is 15.6 Å². The SMILES string of the molecule is CN(C)CCN=Cc1ccc2ccccc2c1. The second-order valence-corrected chi connectivity index (χ2v) is 4.45. The Labute approximate surface area is 103 Å². The number of aliphatic imine (C=N–C) groups is 1. The molecule has 0 unspecified atom stereocenters. The molecular weight excluding hydrogens is 208 g/mol. The van der Waals surface area contributed by atoms with Gasteiger partial charge in [-0.25, -0.2) is 0 Å². The summed E-state index contributed by atoms with van der Waals surface area (Å²) in [5, 5.41) is 2.54. The molecule has 2 nitrogen and oxygen atoms in total. The van der Waals surface area contributed by atoms with Gasteiger partial charge in [0.2, 0.25) is 0 Å². The van der Waals surface area contributed by atoms with E-state index >= 15 is 0 Å². The van der Waals surface area contributed by atoms with E-state index in [0.29, 0.717) is 0 Å². The molecule has 0 spiro atoms. The van der Waals surface area contributed by atoms with Crippen molar-refractivity contribution in [1.29, 1.82) is 0 Å². The summed E-state index contributed by atoms with van der Waals surface area (Å²) in [6.07, 6.45) is 1.95. The lowest BCUT2D eigenvalue weighted by atomic mass is 10.1. The molecule has 0 amide bonds. The second-order valence-electron chi connectivity index (χ2n) is 4.45. The largest absolute Gasteiger partial charge is 0.308 e. The minimum absolute atomic E-state index is 0.847. The average Bonchev–Trinajstić information content (AvgIpc) is 2.34. The van der Waals surface area contributed by atoms with E-state index in [2.05, 4.69) is 66.5 Å². The predicted octanol–water partition coefficient (Wildman–Crippen LogP) is 2.82. The van der Waals surface area contributed by atoms with E-state index in [1.165, 1.54) is 16.3 Å². The van der Waals surface area contributed by atoms with Gasteiger partial charge >= 0.3 is 0 Å². The van der Waals surface area contributed by atoms with Crippen LogP contribution in [-0.4, -0.2) is 38.3 Å². The first-order valence-electron chi connectivity index (χ1n) is 5.89. The molecule has 0 aliphatic carbocycles. The van der Waals surface area contributed by atoms with Crippen LogP contribution in [0.15, 0.2) is 47.5 Å². The fraction of sp³-hybridized carbons (Fsp3) is 0.267. The van der Waals surface area contributed by atoms with Crippen molar-refractivity contribution in [3.05, 3.63) is 48.0 Å². The molecule has 2 aromatic carbocycles. The summed E-state index contributed by atoms with van der Waals surface area (Å²) in [4.78, 5) is 6.56. The normalized spacial score (nSPS) is 11.7. The van der Waals surface area contributed by atoms with E-state index in [1.54, 1.807) is 0 Å². The summed E-state index contributed by atoms with van der Waals surface area (Å²) in [5.74, 6) is 0. The number of fused-ring (bicyclic) bond motifs is 1. The molecule has 0 saturated carbocycles. The Morgan fingerprint density at radius 3 is 2.59 bits per heavy atom. The Kier molecular flexibility index (Phi) is 3.89. The van der Waals surface area contributed by atoms with Crippen molar-refractivity contribution in [3.8, 4) is 0 Å². The lowest BCUT2D eigenvalue weighted by molar-refractivity contribution is 0.421. The van der Waals surface area contributed by atoms with Crippen molar-refractivity contribution in [3.63, 3.8) is 0 Å². The molecule has 0 saturated heterocycles. The number of benzene rings is 2. The molecule has 0 N–H and O–H groups in total. The van der Waals surface area contributed by atoms with Crippen molar-refractivity contribution >= 4 is 17.0 Å². The fourth-order valence-electron chi connectivity index (χ4n) is 1.72. The van der Waals surface area contributed by atoms with Gasteiger partial charge in [-0.05, 0) is 36.5 Å². The van der Waals surface area contributed by atoms with E-state index in [0.717, 1.165) is 13.1 Å². The lowest BCUT2D eigenvalue weighted by Gasteiger charge is -2.05. The maximum Gasteiger partial charge on any atom is 0.0516 e. The van der Waals surface area contributed by atoms with Crippen LogP contribution in [0.5, 0.6) is 0 Å². The molecule has 0 aliphatic heterocycles. The number of hydrogen-bond acceptors (Lipinski definition) is 2. The summed E-state index contributed by atoms with van der Waals surface area (Å²) >= 11 is 0. The summed E-state index contributed by atoms with van der Waals surface area (Å²) in [6, 6.07) is 14.8. The minimum atomic E-state index is 0.847. The van der Waals surface area contributed by atoms with Gasteiger partial charge in [0.1, 0.15) is 0 Å². The molecule has 2 heteroatoms. The minimum Gasteiger partial charge on any atom is -0.308 e. The molecule has 0 bridgehead atoms. The van der Waals surface area contributed by atoms with Crippen LogP contribution in [0.4, 0.5) is 0 Å². The molecule has 0 heterocycles. The predicted molar refractivity (Wildman–Crippen MR) is 75.0 cm³/mol. The third-order valence-electron chi connectivity index (χ3n) is 2.69. The maximum absolute atomic E-state index is 4.42. The van der Waals surface area contributed by atoms with E-state index in [4.69, 9.17) is 0 Å². The third-order valence-corrected chi connectivity index (χ3v) is 2.69. The molecule has 88 valence electrons. The van der Waals surface area contributed by atoms with Crippen LogP contribution < -0.4 is 0 Å². The summed E-state index contributed by atoms with van der Waals surface area (Å²) in [7, 11) is 4.12. The van der Waals surface area contributed by atoms with Crippen LogP contribution in [0.2, 0.25) is 0 Å². The fourth-order valence-corrected chi connectivity index (χ4v) is 1.72. The highest BCUT2D eigenvalue weighted by molar-refractivity contribution is 5.90. The van der Waals surface area contributed by atoms with Crippen LogP contribution in [0, 0.1) is 0 Å². The number of rotatable bonds is 4. The number of nitrogens with zero attached hydrogens (tertiary/aromatic N) is 2. The third kappa shape index (κ3) is 3.40. The van der Waals surface area contributed by atoms with Gasteiger partial charge in [-0.1, -0.05) is 36.4 Å². The van der Waals surface area contributed by atoms with Crippen LogP contribution in [-0.2, 0) is 0 Å². The Morgan fingerprint density at radius 2 is 1.82 bits per heavy atom. The van der Waals surface area contributed by atoms with Crippen molar-refractivity contribution in [2.24, 2.45) is 4.99 Å². The highest BCUT2D eigenvalue weighted by Gasteiger charge is 1.93. The molecule has 2 rings (SSSR count). The highest BCUT2D eigenvalue weighted by atomic mass is 15.1. The first kappa shape index (κ1) is 11.8. The van der Waals surface area contributed by atoms with Crippen molar-refractivity contribution in [1.82, 2.24) is 4.90 Å². The van der Waals surface area contributed by atoms with Crippen molar-refractivity contribution < 1.29 is 0 Å². The smallest absolute Gasteiger partial charge is 0.0516 e. The molecule has 0 aliphatic rings. The number of hydrogen-bond donors (Lipinski definition) is 0. The first-order chi connectivity index (χ1) is 8.25. The van der Waals surface area contributed by atoms with Gasteiger partial charge in [0.15, 0.2) is 0 Å². The Morgan fingerprint density at radius 1 is 1.06 bits per heavy atom. The zero-order chi connectivity index (χ0) is 12.1. The molecule has 17 heavy (non-hydrogen) atoms. The van der Waals surface area contributed by atoms with Gasteiger partial charge in [-0.3, -0.25) is 4.99 Å². The lowest BCUT2D eigenvalue weighted by Crippen LogP contribution is -2.15. The van der Waals surface area contributed by atoms with E-state index in [9.17, 15) is 0 Å². The van der Waals surface area contributed by atoms with E-state index in [1.807, 2.05) is 6.21 Å². The molecule has 0 fully saturated rings. The Hall–Kier alpha value is -1.67. The van der Waals surface area contributed by atoms with Gasteiger partial charge < -0.3 is 4.90 Å². The molecule has 0 aromatic heterocycles. The van der Waals surface area contributed by atoms with E-state index in [-0.39, 0.29) is 0 Å². The van der Waals surface area contributed by atoms with Crippen LogP contribution in [0.25, 0.3) is 10.8 Å². The maximum atomic E-state index is 4.42. The monoisotopic (exact) mass is 226 g/mol. The number of likely N-dealkylation sites (N-methyl/N-ethyl adjacent to an activating group) is 1. The molecule has 0 atom stereocenters. The zero-order valence-corrected chi connectivity index (χ0v) is 10.4. The van der Waals surface area contributed by atoms with Gasteiger partial charge in [0.25, 0.3) is 0 Å². The average molecular weight is 226 g/mol. The second kappa shape index (κ2) is 5.60. The van der Waals surface area contributed by atoms with Gasteiger partial charge in [0, 0.05) is 12.8 Å². The van der Waals surface area contributed by atoms with Crippen molar-refractivity contribution in [2.75, 3.05) is 27.2 Å². The Bertz CT molecular complexity index is 515. The summed E-state index contributed by atoms with van der Waals surface area (Å²) in [5.41, 5.74) is 1.17. The summed E-state index contributed by atoms with van der Waals surface area (Å²) in [6.45, 7) is 1.84. The van der Waals surface area contributed by atoms with Gasteiger partial charge in [-0.15, -0.1) is 0 Å². The van der Waals surface area contributed by atoms with Crippen LogP contribution in [0.3, 0.4) is 0 Å². The molecule has 0 radical (unpaired) electrons. The first-order valence-corrected chi connectivity index (χ1v) is 5.89. The zero-order valence-electron chi connectivity index (χ0n) is 10.4. The van der Waals surface area contributed by atoms with E-state index < -0.39 is 0 Å². The standard InChI is InChI=1S/C15H18N2/c1-17(2)10-9-16-12-13-7-8-14-5-3-4-6-15(14)11-13/h3-8,11-12H,9-10H2,1-2H3. The summed E-state index contributed by atoms with van der Waals surface area (Å²) < 4.78 is 0. The van der Waals surface area contributed by atoms with Gasteiger partial charge in [-0.2, -0.15) is 0 Å². The highest BCUT2D eigenvalue weighted by Crippen LogP contribution is 2.14. The van der Waals surface area contributed by atoms with Crippen LogP contribution >= 0.6 is 0 Å². The van der Waals surface area contributed by atoms with Crippen LogP contribution in [0.1, 0.15) is 5.56 Å². The molecular formula is C15H18N2. The Balaban J connectivity index is 2.09. The van der Waals surface area contributed by atoms with Crippen molar-refractivity contribution in [2.45, 2.75) is 0 Å². The quantitative estimate of drug-likeness (QED) is 0.732. The van der Waals surface area contributed by atoms with Gasteiger partial charge in [0.05, 0.1) is 6.54 Å². The molecule has 2 aromatic rings.